The first kappa shape index (κ1) is 16.1. The van der Waals surface area contributed by atoms with Gasteiger partial charge in [-0.1, -0.05) is 11.8 Å². The molecular weight excluding hydrogens is 327 g/mol. The lowest BCUT2D eigenvalue weighted by Crippen LogP contribution is -2.14. The highest BCUT2D eigenvalue weighted by Crippen LogP contribution is 2.32. The van der Waals surface area contributed by atoms with Gasteiger partial charge >= 0.3 is 18.1 Å². The van der Waals surface area contributed by atoms with E-state index in [1.165, 1.54) is 0 Å². The van der Waals surface area contributed by atoms with Crippen molar-refractivity contribution in [2.45, 2.75) is 11.3 Å². The van der Waals surface area contributed by atoms with Crippen molar-refractivity contribution < 1.29 is 32.6 Å². The summed E-state index contributed by atoms with van der Waals surface area (Å²) in [6.45, 7) is 0. The van der Waals surface area contributed by atoms with Crippen molar-refractivity contribution in [3.05, 3.63) is 23.4 Å². The maximum atomic E-state index is 13.0. The molecule has 0 atom stereocenters. The lowest BCUT2D eigenvalue weighted by Gasteiger charge is -2.11. The number of esters is 1. The van der Waals surface area contributed by atoms with E-state index in [1.807, 2.05) is 0 Å². The zero-order valence-corrected chi connectivity index (χ0v) is 11.7. The maximum absolute atomic E-state index is 13.0. The van der Waals surface area contributed by atoms with E-state index in [0.29, 0.717) is 22.2 Å². The van der Waals surface area contributed by atoms with Crippen LogP contribution in [0, 0.1) is 0 Å². The van der Waals surface area contributed by atoms with Crippen LogP contribution in [0.3, 0.4) is 0 Å². The van der Waals surface area contributed by atoms with Crippen LogP contribution in [0.4, 0.5) is 13.2 Å². The summed E-state index contributed by atoms with van der Waals surface area (Å²) in [6, 6.07) is 1.44. The first-order valence-corrected chi connectivity index (χ1v) is 6.62. The van der Waals surface area contributed by atoms with Crippen molar-refractivity contribution in [3.8, 4) is 0 Å². The average molecular weight is 335 g/mol. The minimum absolute atomic E-state index is 0.254. The van der Waals surface area contributed by atoms with Gasteiger partial charge in [0.15, 0.2) is 10.8 Å². The molecule has 2 aromatic heterocycles. The molecule has 2 rings (SSSR count). The van der Waals surface area contributed by atoms with Crippen LogP contribution in [0.2, 0.25) is 0 Å². The predicted octanol–water partition coefficient (Wildman–Crippen LogP) is 1.71. The SMILES string of the molecule is COC(=O)CSc1nnc2c(C(=O)O)ccc(C(F)(F)F)n12. The van der Waals surface area contributed by atoms with Gasteiger partial charge in [-0.25, -0.2) is 4.79 Å². The fourth-order valence-corrected chi connectivity index (χ4v) is 2.41. The quantitative estimate of drug-likeness (QED) is 0.671. The Balaban J connectivity index is 2.60. The molecule has 2 aromatic rings. The molecule has 0 aromatic carbocycles. The molecule has 22 heavy (non-hydrogen) atoms. The van der Waals surface area contributed by atoms with Crippen molar-refractivity contribution in [2.75, 3.05) is 12.9 Å². The third kappa shape index (κ3) is 2.98. The largest absolute Gasteiger partial charge is 0.478 e. The van der Waals surface area contributed by atoms with Crippen LogP contribution in [0.1, 0.15) is 16.1 Å². The van der Waals surface area contributed by atoms with E-state index in [4.69, 9.17) is 5.11 Å². The molecule has 0 bridgehead atoms. The van der Waals surface area contributed by atoms with Gasteiger partial charge in [0.25, 0.3) is 0 Å². The zero-order chi connectivity index (χ0) is 16.5. The number of pyridine rings is 1. The Kier molecular flexibility index (Phi) is 4.26. The van der Waals surface area contributed by atoms with Crippen LogP contribution in [0.15, 0.2) is 17.3 Å². The summed E-state index contributed by atoms with van der Waals surface area (Å²) in [5.41, 5.74) is -2.01. The number of carbonyl (C=O) groups excluding carboxylic acids is 1. The molecule has 7 nitrogen and oxygen atoms in total. The molecule has 0 saturated heterocycles. The van der Waals surface area contributed by atoms with E-state index in [0.717, 1.165) is 13.2 Å². The number of hydrogen-bond acceptors (Lipinski definition) is 6. The molecule has 2 heterocycles. The summed E-state index contributed by atoms with van der Waals surface area (Å²) in [6.07, 6.45) is -4.74. The van der Waals surface area contributed by atoms with Crippen LogP contribution < -0.4 is 0 Å². The molecule has 0 amide bonds. The lowest BCUT2D eigenvalue weighted by atomic mass is 10.2. The number of rotatable bonds is 4. The van der Waals surface area contributed by atoms with E-state index < -0.39 is 35.0 Å². The second kappa shape index (κ2) is 5.83. The van der Waals surface area contributed by atoms with Gasteiger partial charge in [-0.2, -0.15) is 13.2 Å². The molecule has 0 unspecified atom stereocenters. The number of aromatic nitrogens is 3. The first-order chi connectivity index (χ1) is 10.3. The van der Waals surface area contributed by atoms with Gasteiger partial charge in [0.05, 0.1) is 12.9 Å². The van der Waals surface area contributed by atoms with Gasteiger partial charge in [0.1, 0.15) is 11.3 Å². The number of halogens is 3. The first-order valence-electron chi connectivity index (χ1n) is 5.64. The van der Waals surface area contributed by atoms with E-state index in [1.54, 1.807) is 0 Å². The fraction of sp³-hybridized carbons (Fsp3) is 0.273. The Morgan fingerprint density at radius 2 is 2.05 bits per heavy atom. The van der Waals surface area contributed by atoms with Gasteiger partial charge in [-0.3, -0.25) is 9.20 Å². The van der Waals surface area contributed by atoms with Crippen LogP contribution in [-0.4, -0.2) is 44.5 Å². The summed E-state index contributed by atoms with van der Waals surface area (Å²) in [7, 11) is 1.13. The number of ether oxygens (including phenoxy) is 1. The Labute approximate surface area is 125 Å². The number of carboxylic acids is 1. The number of fused-ring (bicyclic) bond motifs is 1. The second-order valence-electron chi connectivity index (χ2n) is 3.94. The van der Waals surface area contributed by atoms with E-state index in [9.17, 15) is 22.8 Å². The van der Waals surface area contributed by atoms with E-state index in [-0.39, 0.29) is 10.9 Å². The molecule has 1 N–H and O–H groups in total. The molecule has 0 aliphatic heterocycles. The predicted molar refractivity (Wildman–Crippen MR) is 67.7 cm³/mol. The number of aromatic carboxylic acids is 1. The molecule has 0 saturated carbocycles. The topological polar surface area (TPSA) is 93.8 Å². The summed E-state index contributed by atoms with van der Waals surface area (Å²) in [4.78, 5) is 22.1. The third-order valence-electron chi connectivity index (χ3n) is 2.59. The molecule has 0 radical (unpaired) electrons. The minimum atomic E-state index is -4.74. The lowest BCUT2D eigenvalue weighted by molar-refractivity contribution is -0.142. The monoisotopic (exact) mass is 335 g/mol. The number of alkyl halides is 3. The number of nitrogens with zero attached hydrogens (tertiary/aromatic N) is 3. The van der Waals surface area contributed by atoms with Crippen molar-refractivity contribution in [1.29, 1.82) is 0 Å². The Hall–Kier alpha value is -2.30. The van der Waals surface area contributed by atoms with Gasteiger partial charge in [-0.05, 0) is 12.1 Å². The van der Waals surface area contributed by atoms with Crippen molar-refractivity contribution in [3.63, 3.8) is 0 Å². The molecule has 118 valence electrons. The Morgan fingerprint density at radius 1 is 1.36 bits per heavy atom. The van der Waals surface area contributed by atoms with Crippen LogP contribution in [0.5, 0.6) is 0 Å². The second-order valence-corrected chi connectivity index (χ2v) is 4.88. The van der Waals surface area contributed by atoms with Gasteiger partial charge in [0.2, 0.25) is 0 Å². The van der Waals surface area contributed by atoms with Gasteiger partial charge in [0, 0.05) is 0 Å². The van der Waals surface area contributed by atoms with Crippen molar-refractivity contribution in [2.24, 2.45) is 0 Å². The average Bonchev–Trinajstić information content (AvgIpc) is 2.86. The molecule has 11 heteroatoms. The maximum Gasteiger partial charge on any atom is 0.431 e. The smallest absolute Gasteiger partial charge is 0.431 e. The van der Waals surface area contributed by atoms with Crippen LogP contribution in [0.25, 0.3) is 5.65 Å². The normalized spacial score (nSPS) is 11.6. The van der Waals surface area contributed by atoms with Crippen LogP contribution in [-0.2, 0) is 15.7 Å². The summed E-state index contributed by atoms with van der Waals surface area (Å²) in [5.74, 6) is -2.38. The molecule has 0 fully saturated rings. The minimum Gasteiger partial charge on any atom is -0.478 e. The van der Waals surface area contributed by atoms with Gasteiger partial charge < -0.3 is 9.84 Å². The highest BCUT2D eigenvalue weighted by molar-refractivity contribution is 7.99. The summed E-state index contributed by atoms with van der Waals surface area (Å²) in [5, 5.41) is 15.7. The van der Waals surface area contributed by atoms with Crippen molar-refractivity contribution in [1.82, 2.24) is 14.6 Å². The van der Waals surface area contributed by atoms with E-state index >= 15 is 0 Å². The van der Waals surface area contributed by atoms with Crippen molar-refractivity contribution >= 4 is 29.3 Å². The molecule has 0 aliphatic rings. The molecule has 0 aliphatic carbocycles. The standard InChI is InChI=1S/C11H8F3N3O4S/c1-21-7(18)4-22-10-16-15-8-5(9(19)20)2-3-6(17(8)10)11(12,13)14/h2-3H,4H2,1H3,(H,19,20). The van der Waals surface area contributed by atoms with E-state index in [2.05, 4.69) is 14.9 Å². The Bertz CT molecular complexity index is 744. The van der Waals surface area contributed by atoms with Crippen LogP contribution >= 0.6 is 11.8 Å². The third-order valence-corrected chi connectivity index (χ3v) is 3.49. The molecular formula is C11H8F3N3O4S. The number of carbonyl (C=O) groups is 2. The zero-order valence-electron chi connectivity index (χ0n) is 10.9. The number of carboxylic acid groups (broad SMARTS) is 1. The summed E-state index contributed by atoms with van der Waals surface area (Å²) < 4.78 is 44.1. The highest BCUT2D eigenvalue weighted by atomic mass is 32.2. The number of hydrogen-bond donors (Lipinski definition) is 1. The molecule has 0 spiro atoms. The number of methoxy groups -OCH3 is 1. The fourth-order valence-electron chi connectivity index (χ4n) is 1.64. The summed E-state index contributed by atoms with van der Waals surface area (Å²) >= 11 is 0.662. The highest BCUT2D eigenvalue weighted by Gasteiger charge is 2.36. The number of thioether (sulfide) groups is 1. The Morgan fingerprint density at radius 3 is 2.59 bits per heavy atom. The van der Waals surface area contributed by atoms with Gasteiger partial charge in [-0.15, -0.1) is 10.2 Å².